The minimum Gasteiger partial charge on any atom is -0.490 e. The van der Waals surface area contributed by atoms with Gasteiger partial charge in [-0.3, -0.25) is 19.6 Å². The van der Waals surface area contributed by atoms with Crippen molar-refractivity contribution in [2.24, 2.45) is 0 Å². The molecular formula is C37H46N4O3. The summed E-state index contributed by atoms with van der Waals surface area (Å²) in [6.07, 6.45) is 7.29. The number of para-hydroxylation sites is 1. The molecule has 3 aromatic carbocycles. The summed E-state index contributed by atoms with van der Waals surface area (Å²) in [5, 5.41) is 15.0. The lowest BCUT2D eigenvalue weighted by Crippen LogP contribution is -2.52. The highest BCUT2D eigenvalue weighted by Crippen LogP contribution is 2.23. The molecule has 0 radical (unpaired) electrons. The first kappa shape index (κ1) is 31.6. The van der Waals surface area contributed by atoms with E-state index in [-0.39, 0.29) is 18.6 Å². The van der Waals surface area contributed by atoms with E-state index in [0.717, 1.165) is 81.4 Å². The minimum absolute atomic E-state index is 0.112. The first-order valence-corrected chi connectivity index (χ1v) is 16.1. The number of carbonyl (C=O) groups is 1. The predicted molar refractivity (Wildman–Crippen MR) is 177 cm³/mol. The average Bonchev–Trinajstić information content (AvgIpc) is 3.05. The number of pyridine rings is 1. The predicted octanol–water partition coefficient (Wildman–Crippen LogP) is 5.12. The van der Waals surface area contributed by atoms with Crippen molar-refractivity contribution >= 4 is 16.8 Å². The highest BCUT2D eigenvalue weighted by molar-refractivity contribution is 5.84. The van der Waals surface area contributed by atoms with Gasteiger partial charge in [-0.25, -0.2) is 0 Å². The molecule has 1 atom stereocenters. The number of carbonyl (C=O) groups excluding carboxylic acids is 1. The topological polar surface area (TPSA) is 77.9 Å². The molecule has 1 aromatic heterocycles. The number of hydrogen-bond donors (Lipinski definition) is 2. The Hall–Kier alpha value is -3.78. The zero-order valence-corrected chi connectivity index (χ0v) is 25.7. The molecule has 0 bridgehead atoms. The van der Waals surface area contributed by atoms with E-state index in [1.54, 1.807) is 6.20 Å². The number of piperazine rings is 1. The lowest BCUT2D eigenvalue weighted by Gasteiger charge is -2.35. The van der Waals surface area contributed by atoms with Gasteiger partial charge in [0.1, 0.15) is 18.5 Å². The van der Waals surface area contributed by atoms with Crippen LogP contribution in [-0.4, -0.2) is 83.8 Å². The molecule has 1 amide bonds. The highest BCUT2D eigenvalue weighted by Gasteiger charge is 2.22. The molecule has 1 aliphatic heterocycles. The summed E-state index contributed by atoms with van der Waals surface area (Å²) in [6, 6.07) is 31.1. The number of hydrogen-bond acceptors (Lipinski definition) is 6. The van der Waals surface area contributed by atoms with E-state index in [1.165, 1.54) is 11.1 Å². The highest BCUT2D eigenvalue weighted by atomic mass is 16.5. The molecule has 0 spiro atoms. The number of β-amino-alcohol motifs (C(OH)–C–C–N with tert-alkyl or cyclic N) is 1. The third-order valence-corrected chi connectivity index (χ3v) is 8.43. The van der Waals surface area contributed by atoms with Crippen LogP contribution in [0.2, 0.25) is 0 Å². The van der Waals surface area contributed by atoms with Gasteiger partial charge in [0.05, 0.1) is 12.1 Å². The fourth-order valence-corrected chi connectivity index (χ4v) is 6.02. The number of aliphatic hydroxyl groups excluding tert-OH is 1. The molecule has 2 N–H and O–H groups in total. The third kappa shape index (κ3) is 10.2. The monoisotopic (exact) mass is 594 g/mol. The Morgan fingerprint density at radius 2 is 1.39 bits per heavy atom. The van der Waals surface area contributed by atoms with Gasteiger partial charge >= 0.3 is 0 Å². The van der Waals surface area contributed by atoms with Gasteiger partial charge in [0.2, 0.25) is 5.91 Å². The van der Waals surface area contributed by atoms with Crippen LogP contribution in [0, 0.1) is 0 Å². The van der Waals surface area contributed by atoms with Gasteiger partial charge in [0, 0.05) is 50.3 Å². The zero-order valence-electron chi connectivity index (χ0n) is 25.7. The Morgan fingerprint density at radius 1 is 0.795 bits per heavy atom. The second-order valence-corrected chi connectivity index (χ2v) is 11.9. The summed E-state index contributed by atoms with van der Waals surface area (Å²) in [5.41, 5.74) is 3.58. The Kier molecular flexibility index (Phi) is 12.2. The number of amides is 1. The maximum absolute atomic E-state index is 13.1. The van der Waals surface area contributed by atoms with Crippen LogP contribution in [0.5, 0.6) is 5.75 Å². The van der Waals surface area contributed by atoms with Gasteiger partial charge in [0.15, 0.2) is 0 Å². The van der Waals surface area contributed by atoms with Gasteiger partial charge in [-0.1, -0.05) is 72.8 Å². The fourth-order valence-electron chi connectivity index (χ4n) is 6.02. The van der Waals surface area contributed by atoms with Gasteiger partial charge in [-0.15, -0.1) is 0 Å². The van der Waals surface area contributed by atoms with Crippen LogP contribution >= 0.6 is 0 Å². The normalized spacial score (nSPS) is 15.0. The van der Waals surface area contributed by atoms with E-state index < -0.39 is 6.10 Å². The Bertz CT molecular complexity index is 1360. The van der Waals surface area contributed by atoms with Gasteiger partial charge in [-0.2, -0.15) is 0 Å². The molecule has 0 aliphatic carbocycles. The first-order valence-electron chi connectivity index (χ1n) is 16.1. The molecule has 7 nitrogen and oxygen atoms in total. The Labute approximate surface area is 261 Å². The summed E-state index contributed by atoms with van der Waals surface area (Å²) in [6.45, 7) is 4.45. The van der Waals surface area contributed by atoms with Gasteiger partial charge in [-0.05, 0) is 67.9 Å². The molecule has 5 rings (SSSR count). The van der Waals surface area contributed by atoms with Crippen molar-refractivity contribution < 1.29 is 14.6 Å². The SMILES string of the molecule is O=C(CN1CCN(C[C@@H](O)COc2ccnc3ccccc23)CC1)NC(CCCc1ccccc1)CCCc1ccccc1. The maximum Gasteiger partial charge on any atom is 0.234 e. The number of ether oxygens (including phenoxy) is 1. The van der Waals surface area contributed by atoms with Crippen molar-refractivity contribution in [3.63, 3.8) is 0 Å². The number of nitrogens with zero attached hydrogens (tertiary/aromatic N) is 3. The lowest BCUT2D eigenvalue weighted by atomic mass is 9.99. The second kappa shape index (κ2) is 16.9. The maximum atomic E-state index is 13.1. The molecule has 4 aromatic rings. The summed E-state index contributed by atoms with van der Waals surface area (Å²) < 4.78 is 5.96. The quantitative estimate of drug-likeness (QED) is 0.188. The van der Waals surface area contributed by atoms with Crippen LogP contribution in [-0.2, 0) is 17.6 Å². The summed E-state index contributed by atoms with van der Waals surface area (Å²) in [7, 11) is 0. The van der Waals surface area contributed by atoms with Gasteiger partial charge in [0.25, 0.3) is 0 Å². The third-order valence-electron chi connectivity index (χ3n) is 8.43. The zero-order chi connectivity index (χ0) is 30.4. The average molecular weight is 595 g/mol. The van der Waals surface area contributed by atoms with E-state index >= 15 is 0 Å². The number of rotatable bonds is 16. The van der Waals surface area contributed by atoms with Crippen molar-refractivity contribution in [3.05, 3.63) is 108 Å². The van der Waals surface area contributed by atoms with Crippen molar-refractivity contribution in [3.8, 4) is 5.75 Å². The van der Waals surface area contributed by atoms with Crippen LogP contribution in [0.15, 0.2) is 97.2 Å². The molecule has 2 heterocycles. The molecule has 7 heteroatoms. The second-order valence-electron chi connectivity index (χ2n) is 11.9. The molecular weight excluding hydrogens is 548 g/mol. The summed E-state index contributed by atoms with van der Waals surface area (Å²) in [5.74, 6) is 0.852. The summed E-state index contributed by atoms with van der Waals surface area (Å²) in [4.78, 5) is 22.0. The molecule has 0 saturated carbocycles. The van der Waals surface area contributed by atoms with Crippen molar-refractivity contribution in [2.45, 2.75) is 50.7 Å². The van der Waals surface area contributed by atoms with E-state index in [4.69, 9.17) is 4.74 Å². The number of aryl methyl sites for hydroxylation is 2. The molecule has 44 heavy (non-hydrogen) atoms. The largest absolute Gasteiger partial charge is 0.490 e. The number of aromatic nitrogens is 1. The summed E-state index contributed by atoms with van der Waals surface area (Å²) >= 11 is 0. The first-order chi connectivity index (χ1) is 21.6. The number of nitrogens with one attached hydrogen (secondary N) is 1. The van der Waals surface area contributed by atoms with E-state index in [9.17, 15) is 9.90 Å². The smallest absolute Gasteiger partial charge is 0.234 e. The van der Waals surface area contributed by atoms with E-state index in [1.807, 2.05) is 30.3 Å². The van der Waals surface area contributed by atoms with E-state index in [0.29, 0.717) is 13.1 Å². The number of benzene rings is 3. The van der Waals surface area contributed by atoms with Crippen LogP contribution in [0.25, 0.3) is 10.9 Å². The van der Waals surface area contributed by atoms with Crippen molar-refractivity contribution in [2.75, 3.05) is 45.9 Å². The molecule has 0 unspecified atom stereocenters. The molecule has 1 fully saturated rings. The van der Waals surface area contributed by atoms with Crippen LogP contribution in [0.4, 0.5) is 0 Å². The number of fused-ring (bicyclic) bond motifs is 1. The fraction of sp³-hybridized carbons (Fsp3) is 0.405. The molecule has 1 saturated heterocycles. The van der Waals surface area contributed by atoms with Crippen LogP contribution < -0.4 is 10.1 Å². The standard InChI is InChI=1S/C37H46N4O3/c42-33(29-44-36-21-22-38-35-20-8-7-19-34(35)36)27-40-23-25-41(26-24-40)28-37(43)39-32(17-9-15-30-11-3-1-4-12-30)18-10-16-31-13-5-2-6-14-31/h1-8,11-14,19-22,32-33,42H,9-10,15-18,23-29H2,(H,39,43)/t33-/m1/s1. The molecule has 232 valence electrons. The van der Waals surface area contributed by atoms with Crippen LogP contribution in [0.1, 0.15) is 36.8 Å². The van der Waals surface area contributed by atoms with E-state index in [2.05, 4.69) is 80.8 Å². The van der Waals surface area contributed by atoms with Crippen molar-refractivity contribution in [1.82, 2.24) is 20.1 Å². The Balaban J connectivity index is 1.03. The van der Waals surface area contributed by atoms with Crippen LogP contribution in [0.3, 0.4) is 0 Å². The van der Waals surface area contributed by atoms with Gasteiger partial charge < -0.3 is 15.2 Å². The lowest BCUT2D eigenvalue weighted by molar-refractivity contribution is -0.123. The molecule has 1 aliphatic rings. The minimum atomic E-state index is -0.593. The van der Waals surface area contributed by atoms with Crippen molar-refractivity contribution in [1.29, 1.82) is 0 Å². The Morgan fingerprint density at radius 3 is 2.05 bits per heavy atom. The number of aliphatic hydroxyl groups is 1.